The van der Waals surface area contributed by atoms with Crippen LogP contribution in [0.4, 0.5) is 0 Å². The van der Waals surface area contributed by atoms with Gasteiger partial charge in [-0.15, -0.1) is 24.0 Å². The van der Waals surface area contributed by atoms with Crippen molar-refractivity contribution in [3.8, 4) is 0 Å². The number of rotatable bonds is 7. The van der Waals surface area contributed by atoms with Crippen LogP contribution in [0, 0.1) is 0 Å². The molecule has 0 saturated carbocycles. The lowest BCUT2D eigenvalue weighted by molar-refractivity contribution is -0.00834. The van der Waals surface area contributed by atoms with Crippen LogP contribution in [-0.2, 0) is 21.3 Å². The van der Waals surface area contributed by atoms with Crippen LogP contribution in [0.15, 0.2) is 34.2 Å². The molecular formula is C21H36IN5O3S. The van der Waals surface area contributed by atoms with E-state index in [1.807, 2.05) is 12.1 Å². The molecule has 2 N–H and O–H groups in total. The molecular weight excluding hydrogens is 529 g/mol. The van der Waals surface area contributed by atoms with E-state index < -0.39 is 10.0 Å². The lowest BCUT2D eigenvalue weighted by atomic mass is 10.0. The molecule has 0 unspecified atom stereocenters. The van der Waals surface area contributed by atoms with Gasteiger partial charge in [0.1, 0.15) is 0 Å². The molecule has 3 rings (SSSR count). The fourth-order valence-corrected chi connectivity index (χ4v) is 5.36. The predicted molar refractivity (Wildman–Crippen MR) is 135 cm³/mol. The Hall–Kier alpha value is -0.950. The number of hydrogen-bond donors (Lipinski definition) is 2. The van der Waals surface area contributed by atoms with Crippen molar-refractivity contribution in [1.82, 2.24) is 19.8 Å². The van der Waals surface area contributed by atoms with E-state index in [2.05, 4.69) is 34.4 Å². The number of benzene rings is 1. The van der Waals surface area contributed by atoms with E-state index in [0.717, 1.165) is 57.2 Å². The van der Waals surface area contributed by atoms with Crippen molar-refractivity contribution in [2.24, 2.45) is 4.99 Å². The van der Waals surface area contributed by atoms with E-state index in [-0.39, 0.29) is 29.5 Å². The monoisotopic (exact) mass is 565 g/mol. The van der Waals surface area contributed by atoms with Crippen LogP contribution >= 0.6 is 24.0 Å². The number of guanidine groups is 1. The molecule has 2 heterocycles. The van der Waals surface area contributed by atoms with Gasteiger partial charge in [0.05, 0.1) is 18.1 Å². The Labute approximate surface area is 203 Å². The van der Waals surface area contributed by atoms with Gasteiger partial charge in [0.25, 0.3) is 0 Å². The van der Waals surface area contributed by atoms with Crippen LogP contribution in [0.5, 0.6) is 0 Å². The first-order valence-electron chi connectivity index (χ1n) is 10.7. The summed E-state index contributed by atoms with van der Waals surface area (Å²) >= 11 is 0. The Morgan fingerprint density at radius 2 is 1.68 bits per heavy atom. The zero-order valence-corrected chi connectivity index (χ0v) is 21.9. The zero-order valence-electron chi connectivity index (χ0n) is 18.8. The third-order valence-electron chi connectivity index (χ3n) is 5.87. The molecule has 2 aliphatic heterocycles. The molecule has 2 aliphatic rings. The van der Waals surface area contributed by atoms with E-state index >= 15 is 0 Å². The van der Waals surface area contributed by atoms with Gasteiger partial charge in [-0.05, 0) is 44.4 Å². The van der Waals surface area contributed by atoms with Gasteiger partial charge in [0.2, 0.25) is 10.0 Å². The van der Waals surface area contributed by atoms with Gasteiger partial charge >= 0.3 is 0 Å². The van der Waals surface area contributed by atoms with E-state index in [9.17, 15) is 8.42 Å². The first-order chi connectivity index (χ1) is 14.3. The van der Waals surface area contributed by atoms with Crippen molar-refractivity contribution in [2.45, 2.75) is 43.7 Å². The summed E-state index contributed by atoms with van der Waals surface area (Å²) < 4.78 is 32.3. The van der Waals surface area contributed by atoms with Crippen molar-refractivity contribution in [2.75, 3.05) is 53.0 Å². The highest BCUT2D eigenvalue weighted by Gasteiger charge is 2.28. The standard InChI is InChI=1S/C21H35N5O3S.HI/c1-21(2,25-12-14-29-15-13-25)17-24-20(22-3)23-16-18-6-8-19(9-7-18)30(27,28)26-10-4-5-11-26;/h6-9H,4-5,10-17H2,1-3H3,(H2,22,23,24);1H. The van der Waals surface area contributed by atoms with Crippen molar-refractivity contribution < 1.29 is 13.2 Å². The van der Waals surface area contributed by atoms with E-state index in [1.54, 1.807) is 23.5 Å². The van der Waals surface area contributed by atoms with Crippen LogP contribution in [0.1, 0.15) is 32.3 Å². The molecule has 1 aromatic rings. The molecule has 2 saturated heterocycles. The maximum absolute atomic E-state index is 12.6. The second-order valence-electron chi connectivity index (χ2n) is 8.45. The maximum atomic E-state index is 12.6. The van der Waals surface area contributed by atoms with Crippen molar-refractivity contribution in [3.63, 3.8) is 0 Å². The highest BCUT2D eigenvalue weighted by Crippen LogP contribution is 2.21. The molecule has 176 valence electrons. The second kappa shape index (κ2) is 11.8. The van der Waals surface area contributed by atoms with Crippen LogP contribution in [0.2, 0.25) is 0 Å². The van der Waals surface area contributed by atoms with Gasteiger partial charge < -0.3 is 15.4 Å². The molecule has 8 nitrogen and oxygen atoms in total. The van der Waals surface area contributed by atoms with E-state index in [1.165, 1.54) is 0 Å². The quantitative estimate of drug-likeness (QED) is 0.299. The normalized spacial score (nSPS) is 19.1. The van der Waals surface area contributed by atoms with E-state index in [0.29, 0.717) is 24.5 Å². The Bertz CT molecular complexity index is 818. The van der Waals surface area contributed by atoms with Crippen LogP contribution in [-0.4, -0.2) is 82.1 Å². The van der Waals surface area contributed by atoms with Gasteiger partial charge in [0.15, 0.2) is 5.96 Å². The molecule has 0 spiro atoms. The summed E-state index contributed by atoms with van der Waals surface area (Å²) in [6, 6.07) is 7.12. The molecule has 0 aromatic heterocycles. The molecule has 1 aromatic carbocycles. The summed E-state index contributed by atoms with van der Waals surface area (Å²) in [7, 11) is -1.61. The number of nitrogens with zero attached hydrogens (tertiary/aromatic N) is 3. The molecule has 0 amide bonds. The fraction of sp³-hybridized carbons (Fsp3) is 0.667. The Morgan fingerprint density at radius 3 is 2.26 bits per heavy atom. The summed E-state index contributed by atoms with van der Waals surface area (Å²) in [6.07, 6.45) is 1.88. The minimum absolute atomic E-state index is 0. The average molecular weight is 566 g/mol. The van der Waals surface area contributed by atoms with E-state index in [4.69, 9.17) is 4.74 Å². The molecule has 0 bridgehead atoms. The Balaban J connectivity index is 0.00000341. The van der Waals surface area contributed by atoms with Gasteiger partial charge in [-0.2, -0.15) is 4.31 Å². The topological polar surface area (TPSA) is 86.3 Å². The third kappa shape index (κ3) is 7.01. The highest BCUT2D eigenvalue weighted by atomic mass is 127. The second-order valence-corrected chi connectivity index (χ2v) is 10.4. The molecule has 0 atom stereocenters. The van der Waals surface area contributed by atoms with Crippen molar-refractivity contribution in [3.05, 3.63) is 29.8 Å². The lowest BCUT2D eigenvalue weighted by Crippen LogP contribution is -2.56. The van der Waals surface area contributed by atoms with Gasteiger partial charge in [-0.3, -0.25) is 9.89 Å². The minimum Gasteiger partial charge on any atom is -0.379 e. The van der Waals surface area contributed by atoms with Crippen molar-refractivity contribution >= 4 is 40.0 Å². The lowest BCUT2D eigenvalue weighted by Gasteiger charge is -2.41. The minimum atomic E-state index is -3.36. The number of hydrogen-bond acceptors (Lipinski definition) is 5. The van der Waals surface area contributed by atoms with Gasteiger partial charge in [-0.25, -0.2) is 8.42 Å². The zero-order chi connectivity index (χ0) is 21.6. The third-order valence-corrected chi connectivity index (χ3v) is 7.78. The number of halogens is 1. The smallest absolute Gasteiger partial charge is 0.243 e. The molecule has 31 heavy (non-hydrogen) atoms. The Kier molecular flexibility index (Phi) is 9.99. The van der Waals surface area contributed by atoms with Crippen LogP contribution in [0.3, 0.4) is 0 Å². The number of aliphatic imine (C=N–C) groups is 1. The van der Waals surface area contributed by atoms with Crippen LogP contribution in [0.25, 0.3) is 0 Å². The highest BCUT2D eigenvalue weighted by molar-refractivity contribution is 14.0. The fourth-order valence-electron chi connectivity index (χ4n) is 3.84. The number of nitrogens with one attached hydrogen (secondary N) is 2. The first-order valence-corrected chi connectivity index (χ1v) is 12.1. The summed E-state index contributed by atoms with van der Waals surface area (Å²) in [5, 5.41) is 6.71. The molecule has 10 heteroatoms. The van der Waals surface area contributed by atoms with Crippen LogP contribution < -0.4 is 10.6 Å². The number of ether oxygens (including phenoxy) is 1. The molecule has 0 radical (unpaired) electrons. The van der Waals surface area contributed by atoms with Gasteiger partial charge in [-0.1, -0.05) is 12.1 Å². The summed E-state index contributed by atoms with van der Waals surface area (Å²) in [5.74, 6) is 0.727. The largest absolute Gasteiger partial charge is 0.379 e. The number of sulfonamides is 1. The average Bonchev–Trinajstić information content (AvgIpc) is 3.31. The predicted octanol–water partition coefficient (Wildman–Crippen LogP) is 1.86. The molecule has 0 aliphatic carbocycles. The summed E-state index contributed by atoms with van der Waals surface area (Å²) in [5.41, 5.74) is 0.998. The number of morpholine rings is 1. The maximum Gasteiger partial charge on any atom is 0.243 e. The first kappa shape index (κ1) is 26.3. The Morgan fingerprint density at radius 1 is 1.06 bits per heavy atom. The van der Waals surface area contributed by atoms with Crippen molar-refractivity contribution in [1.29, 1.82) is 0 Å². The molecule has 2 fully saturated rings. The summed E-state index contributed by atoms with van der Waals surface area (Å²) in [6.45, 7) is 10.4. The van der Waals surface area contributed by atoms with Gasteiger partial charge in [0, 0.05) is 51.9 Å². The SMILES string of the molecule is CN=C(NCc1ccc(S(=O)(=O)N2CCCC2)cc1)NCC(C)(C)N1CCOCC1.I. The summed E-state index contributed by atoms with van der Waals surface area (Å²) in [4.78, 5) is 7.10.